The summed E-state index contributed by atoms with van der Waals surface area (Å²) in [5.41, 5.74) is 6.66. The summed E-state index contributed by atoms with van der Waals surface area (Å²) in [7, 11) is 1.81. The molecule has 3 rings (SSSR count). The summed E-state index contributed by atoms with van der Waals surface area (Å²) in [5, 5.41) is 32.5. The Morgan fingerprint density at radius 3 is 2.73 bits per heavy atom. The molecule has 2 heterocycles. The average molecular weight is 379 g/mol. The maximum Gasteiger partial charge on any atom is 0.223 e. The molecular weight excluding hydrogens is 360 g/mol. The first-order valence-electron chi connectivity index (χ1n) is 7.95. The second kappa shape index (κ2) is 7.47. The average Bonchev–Trinajstić information content (AvgIpc) is 3.12. The number of anilines is 2. The lowest BCUT2D eigenvalue weighted by atomic mass is 10.1. The molecule has 0 bridgehead atoms. The number of nitrogen functional groups attached to an aromatic ring is 1. The number of aliphatic hydroxyl groups excluding tert-OH is 3. The van der Waals surface area contributed by atoms with Gasteiger partial charge in [-0.05, 0) is 12.3 Å². The number of hydrogen-bond acceptors (Lipinski definition) is 8. The number of aromatic nitrogens is 4. The van der Waals surface area contributed by atoms with Crippen LogP contribution in [0.15, 0.2) is 12.5 Å². The van der Waals surface area contributed by atoms with Crippen molar-refractivity contribution in [2.24, 2.45) is 13.0 Å². The molecule has 0 spiro atoms. The van der Waals surface area contributed by atoms with Gasteiger partial charge in [-0.2, -0.15) is 9.97 Å². The molecule has 1 fully saturated rings. The smallest absolute Gasteiger partial charge is 0.223 e. The van der Waals surface area contributed by atoms with E-state index in [4.69, 9.17) is 17.3 Å². The molecule has 1 aliphatic carbocycles. The quantitative estimate of drug-likeness (QED) is 0.350. The largest absolute Gasteiger partial charge is 0.396 e. The van der Waals surface area contributed by atoms with Crippen LogP contribution in [0.2, 0.25) is 5.15 Å². The zero-order valence-electron chi connectivity index (χ0n) is 14.0. The van der Waals surface area contributed by atoms with Crippen molar-refractivity contribution in [2.75, 3.05) is 17.7 Å². The first-order valence-corrected chi connectivity index (χ1v) is 8.33. The topological polar surface area (TPSA) is 142 Å². The van der Waals surface area contributed by atoms with E-state index in [2.05, 4.69) is 32.1 Å². The molecule has 4 atom stereocenters. The molecule has 26 heavy (non-hydrogen) atoms. The van der Waals surface area contributed by atoms with Crippen LogP contribution in [0, 0.1) is 17.8 Å². The normalized spacial score (nSPS) is 25.0. The summed E-state index contributed by atoms with van der Waals surface area (Å²) in [6.07, 6.45) is 1.48. The fourth-order valence-electron chi connectivity index (χ4n) is 2.89. The van der Waals surface area contributed by atoms with Gasteiger partial charge in [-0.25, -0.2) is 4.98 Å². The Morgan fingerprint density at radius 1 is 1.35 bits per heavy atom. The van der Waals surface area contributed by atoms with Crippen molar-refractivity contribution in [1.29, 1.82) is 0 Å². The molecule has 0 unspecified atom stereocenters. The molecule has 1 saturated carbocycles. The van der Waals surface area contributed by atoms with Crippen molar-refractivity contribution in [3.05, 3.63) is 28.9 Å². The van der Waals surface area contributed by atoms with Gasteiger partial charge in [-0.3, -0.25) is 0 Å². The molecule has 1 aliphatic rings. The van der Waals surface area contributed by atoms with Gasteiger partial charge >= 0.3 is 0 Å². The van der Waals surface area contributed by atoms with E-state index >= 15 is 0 Å². The van der Waals surface area contributed by atoms with Gasteiger partial charge in [0.25, 0.3) is 0 Å². The van der Waals surface area contributed by atoms with E-state index in [0.717, 1.165) is 0 Å². The minimum atomic E-state index is -1.07. The molecule has 9 nitrogen and oxygen atoms in total. The summed E-state index contributed by atoms with van der Waals surface area (Å²) in [4.78, 5) is 12.0. The van der Waals surface area contributed by atoms with Gasteiger partial charge in [-0.15, -0.1) is 0 Å². The van der Waals surface area contributed by atoms with E-state index in [1.807, 2.05) is 7.05 Å². The molecule has 2 aromatic rings. The Balaban J connectivity index is 1.92. The van der Waals surface area contributed by atoms with Crippen LogP contribution in [0.25, 0.3) is 0 Å². The molecule has 0 saturated heterocycles. The van der Waals surface area contributed by atoms with Gasteiger partial charge in [0.15, 0.2) is 5.15 Å². The highest BCUT2D eigenvalue weighted by Crippen LogP contribution is 2.30. The van der Waals surface area contributed by atoms with E-state index in [1.165, 1.54) is 0 Å². The lowest BCUT2D eigenvalue weighted by Gasteiger charge is -2.19. The Morgan fingerprint density at radius 2 is 2.12 bits per heavy atom. The lowest BCUT2D eigenvalue weighted by molar-refractivity contribution is 0.00445. The van der Waals surface area contributed by atoms with Crippen molar-refractivity contribution in [1.82, 2.24) is 19.5 Å². The van der Waals surface area contributed by atoms with Crippen molar-refractivity contribution >= 4 is 23.4 Å². The Labute approximate surface area is 154 Å². The summed E-state index contributed by atoms with van der Waals surface area (Å²) in [6.45, 7) is -0.226. The zero-order chi connectivity index (χ0) is 18.8. The highest BCUT2D eigenvalue weighted by Gasteiger charge is 2.41. The minimum Gasteiger partial charge on any atom is -0.396 e. The van der Waals surface area contributed by atoms with Crippen molar-refractivity contribution in [2.45, 2.75) is 24.7 Å². The Hall–Kier alpha value is -2.38. The SMILES string of the molecule is Cn1cncc1C#Cc1c(Cl)nc(N)nc1N[C@@H]1C[C@H](CO)[C@@H](O)[C@H]1O. The summed E-state index contributed by atoms with van der Waals surface area (Å²) < 4.78 is 1.75. The predicted octanol–water partition coefficient (Wildman–Crippen LogP) is -0.640. The van der Waals surface area contributed by atoms with E-state index in [0.29, 0.717) is 17.7 Å². The highest BCUT2D eigenvalue weighted by molar-refractivity contribution is 6.31. The lowest BCUT2D eigenvalue weighted by Crippen LogP contribution is -2.35. The summed E-state index contributed by atoms with van der Waals surface area (Å²) >= 11 is 6.17. The minimum absolute atomic E-state index is 0.0460. The highest BCUT2D eigenvalue weighted by atomic mass is 35.5. The third-order valence-corrected chi connectivity index (χ3v) is 4.65. The standard InChI is InChI=1S/C16H19ClN6O3/c1-23-7-19-5-9(23)2-3-10-14(17)21-16(18)22-15(10)20-11-4-8(6-24)12(25)13(11)26/h5,7-8,11-13,24-26H,4,6H2,1H3,(H3,18,20,21,22)/t8-,11-,12-,13+/m1/s1. The second-order valence-electron chi connectivity index (χ2n) is 6.15. The van der Waals surface area contributed by atoms with Crippen molar-refractivity contribution < 1.29 is 15.3 Å². The van der Waals surface area contributed by atoms with Crippen LogP contribution in [-0.2, 0) is 7.05 Å². The first-order chi connectivity index (χ1) is 12.4. The van der Waals surface area contributed by atoms with Crippen LogP contribution < -0.4 is 11.1 Å². The molecule has 0 radical (unpaired) electrons. The number of nitrogens with one attached hydrogen (secondary N) is 1. The fraction of sp³-hybridized carbons (Fsp3) is 0.438. The number of imidazole rings is 1. The van der Waals surface area contributed by atoms with Gasteiger partial charge < -0.3 is 30.9 Å². The van der Waals surface area contributed by atoms with E-state index in [1.54, 1.807) is 17.1 Å². The van der Waals surface area contributed by atoms with Crippen LogP contribution in [-0.4, -0.2) is 59.7 Å². The summed E-state index contributed by atoms with van der Waals surface area (Å²) in [5.74, 6) is 5.61. The molecule has 10 heteroatoms. The van der Waals surface area contributed by atoms with Gasteiger partial charge in [0, 0.05) is 19.6 Å². The molecule has 138 valence electrons. The van der Waals surface area contributed by atoms with Crippen LogP contribution in [0.4, 0.5) is 11.8 Å². The van der Waals surface area contributed by atoms with E-state index in [9.17, 15) is 15.3 Å². The van der Waals surface area contributed by atoms with E-state index in [-0.39, 0.29) is 23.5 Å². The van der Waals surface area contributed by atoms with Crippen LogP contribution in [0.5, 0.6) is 0 Å². The number of hydrogen-bond donors (Lipinski definition) is 5. The number of nitrogens with two attached hydrogens (primary N) is 1. The maximum absolute atomic E-state index is 10.2. The predicted molar refractivity (Wildman–Crippen MR) is 95.3 cm³/mol. The van der Waals surface area contributed by atoms with Crippen molar-refractivity contribution in [3.8, 4) is 11.8 Å². The molecule has 2 aromatic heterocycles. The maximum atomic E-state index is 10.2. The van der Waals surface area contributed by atoms with Gasteiger partial charge in [-0.1, -0.05) is 17.5 Å². The number of halogens is 1. The number of rotatable bonds is 3. The fourth-order valence-corrected chi connectivity index (χ4v) is 3.12. The Kier molecular flexibility index (Phi) is 5.29. The monoisotopic (exact) mass is 378 g/mol. The summed E-state index contributed by atoms with van der Waals surface area (Å²) in [6, 6.07) is -0.537. The van der Waals surface area contributed by atoms with Gasteiger partial charge in [0.05, 0.1) is 24.7 Å². The molecular formula is C16H19ClN6O3. The number of aliphatic hydroxyl groups is 3. The zero-order valence-corrected chi connectivity index (χ0v) is 14.7. The number of nitrogens with zero attached hydrogens (tertiary/aromatic N) is 4. The van der Waals surface area contributed by atoms with Crippen molar-refractivity contribution in [3.63, 3.8) is 0 Å². The van der Waals surface area contributed by atoms with Gasteiger partial charge in [0.2, 0.25) is 5.95 Å². The third kappa shape index (κ3) is 3.59. The molecule has 6 N–H and O–H groups in total. The number of aryl methyl sites for hydroxylation is 1. The molecule has 0 aliphatic heterocycles. The molecule has 0 amide bonds. The first kappa shape index (κ1) is 18.4. The third-order valence-electron chi connectivity index (χ3n) is 4.37. The van der Waals surface area contributed by atoms with Gasteiger partial charge in [0.1, 0.15) is 23.2 Å². The van der Waals surface area contributed by atoms with Crippen LogP contribution in [0.1, 0.15) is 17.7 Å². The van der Waals surface area contributed by atoms with E-state index < -0.39 is 24.2 Å². The Bertz CT molecular complexity index is 861. The van der Waals surface area contributed by atoms with Crippen LogP contribution >= 0.6 is 11.6 Å². The second-order valence-corrected chi connectivity index (χ2v) is 6.50. The molecule has 0 aromatic carbocycles. The van der Waals surface area contributed by atoms with Crippen LogP contribution in [0.3, 0.4) is 0 Å².